The monoisotopic (exact) mass is 344 g/mol. The number of rotatable bonds is 5. The molecule has 25 heavy (non-hydrogen) atoms. The third kappa shape index (κ3) is 4.15. The van der Waals surface area contributed by atoms with Gasteiger partial charge >= 0.3 is 0 Å². The SMILES string of the molecule is O=C(CCN1CCOCC1)N1C[C@H]2CC(Oc3ccccc3)C[C@H]2C1. The van der Waals surface area contributed by atoms with E-state index in [0.29, 0.717) is 30.3 Å². The van der Waals surface area contributed by atoms with Crippen LogP contribution in [0.4, 0.5) is 0 Å². The van der Waals surface area contributed by atoms with Gasteiger partial charge in [-0.15, -0.1) is 0 Å². The van der Waals surface area contributed by atoms with E-state index >= 15 is 0 Å². The van der Waals surface area contributed by atoms with Crippen LogP contribution in [0.15, 0.2) is 30.3 Å². The molecule has 1 aromatic rings. The van der Waals surface area contributed by atoms with Crippen molar-refractivity contribution in [2.24, 2.45) is 11.8 Å². The second kappa shape index (κ2) is 7.75. The highest BCUT2D eigenvalue weighted by Gasteiger charge is 2.43. The highest BCUT2D eigenvalue weighted by molar-refractivity contribution is 5.76. The van der Waals surface area contributed by atoms with Crippen molar-refractivity contribution in [3.63, 3.8) is 0 Å². The molecule has 1 unspecified atom stereocenters. The Hall–Kier alpha value is -1.59. The van der Waals surface area contributed by atoms with Crippen molar-refractivity contribution in [1.82, 2.24) is 9.80 Å². The molecule has 0 N–H and O–H groups in total. The molecule has 0 radical (unpaired) electrons. The number of likely N-dealkylation sites (tertiary alicyclic amines) is 1. The molecule has 4 rings (SSSR count). The van der Waals surface area contributed by atoms with Crippen LogP contribution < -0.4 is 4.74 Å². The van der Waals surface area contributed by atoms with Gasteiger partial charge in [0.25, 0.3) is 0 Å². The first-order chi connectivity index (χ1) is 12.3. The van der Waals surface area contributed by atoms with E-state index in [2.05, 4.69) is 9.80 Å². The largest absolute Gasteiger partial charge is 0.490 e. The molecule has 3 aliphatic rings. The van der Waals surface area contributed by atoms with Crippen molar-refractivity contribution in [3.8, 4) is 5.75 Å². The second-order valence-corrected chi connectivity index (χ2v) is 7.55. The van der Waals surface area contributed by atoms with E-state index in [-0.39, 0.29) is 0 Å². The quantitative estimate of drug-likeness (QED) is 0.820. The number of benzene rings is 1. The Kier molecular flexibility index (Phi) is 5.22. The summed E-state index contributed by atoms with van der Waals surface area (Å²) < 4.78 is 11.5. The molecule has 2 heterocycles. The van der Waals surface area contributed by atoms with Crippen LogP contribution in [0.3, 0.4) is 0 Å². The molecule has 1 saturated carbocycles. The third-order valence-electron chi connectivity index (χ3n) is 5.85. The molecule has 5 heteroatoms. The number of fused-ring (bicyclic) bond motifs is 1. The van der Waals surface area contributed by atoms with Crippen LogP contribution in [0.5, 0.6) is 5.75 Å². The topological polar surface area (TPSA) is 42.0 Å². The number of morpholine rings is 1. The standard InChI is InChI=1S/C20H28N2O3/c23-20(6-7-21-8-10-24-11-9-21)22-14-16-12-19(13-17(16)15-22)25-18-4-2-1-3-5-18/h1-5,16-17,19H,6-15H2/t16-,17+,19?. The van der Waals surface area contributed by atoms with E-state index in [1.54, 1.807) is 0 Å². The summed E-state index contributed by atoms with van der Waals surface area (Å²) in [5.41, 5.74) is 0. The van der Waals surface area contributed by atoms with E-state index in [1.165, 1.54) is 0 Å². The number of amides is 1. The minimum absolute atomic E-state index is 0.308. The molecular weight excluding hydrogens is 316 g/mol. The zero-order valence-corrected chi connectivity index (χ0v) is 14.8. The molecule has 3 atom stereocenters. The van der Waals surface area contributed by atoms with Gasteiger partial charge in [-0.05, 0) is 36.8 Å². The van der Waals surface area contributed by atoms with Gasteiger partial charge in [0.2, 0.25) is 5.91 Å². The summed E-state index contributed by atoms with van der Waals surface area (Å²) in [6.07, 6.45) is 3.10. The minimum Gasteiger partial charge on any atom is -0.490 e. The molecule has 136 valence electrons. The predicted octanol–water partition coefficient (Wildman–Crippen LogP) is 2.02. The van der Waals surface area contributed by atoms with Crippen LogP contribution in [-0.4, -0.2) is 67.7 Å². The normalized spacial score (nSPS) is 29.6. The first-order valence-electron chi connectivity index (χ1n) is 9.57. The summed E-state index contributed by atoms with van der Waals surface area (Å²) in [5.74, 6) is 2.51. The van der Waals surface area contributed by atoms with Crippen LogP contribution in [0.25, 0.3) is 0 Å². The Morgan fingerprint density at radius 3 is 2.44 bits per heavy atom. The summed E-state index contributed by atoms with van der Waals surface area (Å²) in [4.78, 5) is 17.0. The van der Waals surface area contributed by atoms with Crippen LogP contribution in [-0.2, 0) is 9.53 Å². The van der Waals surface area contributed by atoms with E-state index in [1.807, 2.05) is 30.3 Å². The van der Waals surface area contributed by atoms with Crippen LogP contribution >= 0.6 is 0 Å². The predicted molar refractivity (Wildman–Crippen MR) is 95.5 cm³/mol. The van der Waals surface area contributed by atoms with Gasteiger partial charge in [-0.1, -0.05) is 18.2 Å². The van der Waals surface area contributed by atoms with Gasteiger partial charge in [0.05, 0.1) is 19.3 Å². The number of ether oxygens (including phenoxy) is 2. The molecule has 0 aromatic heterocycles. The molecule has 2 saturated heterocycles. The fourth-order valence-corrected chi connectivity index (χ4v) is 4.47. The summed E-state index contributed by atoms with van der Waals surface area (Å²) in [6, 6.07) is 10.1. The van der Waals surface area contributed by atoms with Crippen molar-refractivity contribution in [3.05, 3.63) is 30.3 Å². The Labute approximate surface area is 149 Å². The second-order valence-electron chi connectivity index (χ2n) is 7.55. The molecule has 3 fully saturated rings. The first-order valence-corrected chi connectivity index (χ1v) is 9.57. The van der Waals surface area contributed by atoms with Gasteiger partial charge < -0.3 is 14.4 Å². The number of carbonyl (C=O) groups excluding carboxylic acids is 1. The van der Waals surface area contributed by atoms with E-state index in [4.69, 9.17) is 9.47 Å². The van der Waals surface area contributed by atoms with Crippen LogP contribution in [0.2, 0.25) is 0 Å². The number of carbonyl (C=O) groups is 1. The Morgan fingerprint density at radius 2 is 1.76 bits per heavy atom. The third-order valence-corrected chi connectivity index (χ3v) is 5.85. The summed E-state index contributed by atoms with van der Waals surface area (Å²) in [6.45, 7) is 6.21. The van der Waals surface area contributed by atoms with E-state index < -0.39 is 0 Å². The first kappa shape index (κ1) is 16.9. The molecule has 2 aliphatic heterocycles. The van der Waals surface area contributed by atoms with Crippen molar-refractivity contribution < 1.29 is 14.3 Å². The molecular formula is C20H28N2O3. The number of hydrogen-bond donors (Lipinski definition) is 0. The average Bonchev–Trinajstić information content (AvgIpc) is 3.20. The molecule has 0 spiro atoms. The average molecular weight is 344 g/mol. The van der Waals surface area contributed by atoms with Crippen molar-refractivity contribution >= 4 is 5.91 Å². The summed E-state index contributed by atoms with van der Waals surface area (Å²) in [5, 5.41) is 0. The molecule has 1 aliphatic carbocycles. The molecule has 5 nitrogen and oxygen atoms in total. The molecule has 1 amide bonds. The van der Waals surface area contributed by atoms with Crippen LogP contribution in [0.1, 0.15) is 19.3 Å². The maximum atomic E-state index is 12.5. The lowest BCUT2D eigenvalue weighted by molar-refractivity contribution is -0.131. The number of nitrogens with zero attached hydrogens (tertiary/aromatic N) is 2. The summed E-state index contributed by atoms with van der Waals surface area (Å²) >= 11 is 0. The smallest absolute Gasteiger partial charge is 0.223 e. The fourth-order valence-electron chi connectivity index (χ4n) is 4.47. The molecule has 0 bridgehead atoms. The van der Waals surface area contributed by atoms with Crippen molar-refractivity contribution in [2.45, 2.75) is 25.4 Å². The maximum Gasteiger partial charge on any atom is 0.223 e. The highest BCUT2D eigenvalue weighted by Crippen LogP contribution is 2.39. The van der Waals surface area contributed by atoms with Gasteiger partial charge in [-0.2, -0.15) is 0 Å². The molecule has 1 aromatic carbocycles. The Bertz CT molecular complexity index is 560. The maximum absolute atomic E-state index is 12.5. The van der Waals surface area contributed by atoms with Crippen molar-refractivity contribution in [1.29, 1.82) is 0 Å². The van der Waals surface area contributed by atoms with E-state index in [9.17, 15) is 4.79 Å². The van der Waals surface area contributed by atoms with Gasteiger partial charge in [0, 0.05) is 39.1 Å². The van der Waals surface area contributed by atoms with E-state index in [0.717, 1.165) is 64.5 Å². The lowest BCUT2D eigenvalue weighted by Crippen LogP contribution is -2.39. The van der Waals surface area contributed by atoms with Crippen molar-refractivity contribution in [2.75, 3.05) is 45.9 Å². The zero-order chi connectivity index (χ0) is 17.1. The van der Waals surface area contributed by atoms with Gasteiger partial charge in [-0.3, -0.25) is 9.69 Å². The van der Waals surface area contributed by atoms with Gasteiger partial charge in [0.15, 0.2) is 0 Å². The fraction of sp³-hybridized carbons (Fsp3) is 0.650. The number of hydrogen-bond acceptors (Lipinski definition) is 4. The zero-order valence-electron chi connectivity index (χ0n) is 14.8. The van der Waals surface area contributed by atoms with Crippen LogP contribution in [0, 0.1) is 11.8 Å². The lowest BCUT2D eigenvalue weighted by atomic mass is 10.0. The summed E-state index contributed by atoms with van der Waals surface area (Å²) in [7, 11) is 0. The lowest BCUT2D eigenvalue weighted by Gasteiger charge is -2.27. The number of para-hydroxylation sites is 1. The highest BCUT2D eigenvalue weighted by atomic mass is 16.5. The minimum atomic E-state index is 0.308. The Morgan fingerprint density at radius 1 is 1.08 bits per heavy atom. The van der Waals surface area contributed by atoms with Gasteiger partial charge in [-0.25, -0.2) is 0 Å². The van der Waals surface area contributed by atoms with Gasteiger partial charge in [0.1, 0.15) is 5.75 Å². The Balaban J connectivity index is 1.21.